The number of Topliss-reactive ketones (excluding diaryl/α,β-unsaturated/α-hetero) is 1. The molecule has 6 heteroatoms. The van der Waals surface area contributed by atoms with Crippen molar-refractivity contribution in [2.24, 2.45) is 11.3 Å². The monoisotopic (exact) mass is 464 g/mol. The number of hydrogen-bond donors (Lipinski definition) is 3. The van der Waals surface area contributed by atoms with Crippen molar-refractivity contribution in [3.63, 3.8) is 0 Å². The largest absolute Gasteiger partial charge is 0.508 e. The molecule has 0 spiro atoms. The highest BCUT2D eigenvalue weighted by Crippen LogP contribution is 2.57. The number of fused-ring (bicyclic) bond motifs is 5. The van der Waals surface area contributed by atoms with E-state index in [1.165, 1.54) is 22.8 Å². The van der Waals surface area contributed by atoms with E-state index in [0.29, 0.717) is 28.9 Å². The second kappa shape index (κ2) is 9.16. The van der Waals surface area contributed by atoms with Crippen molar-refractivity contribution in [2.45, 2.75) is 58.8 Å². The van der Waals surface area contributed by atoms with Gasteiger partial charge in [-0.3, -0.25) is 4.79 Å². The van der Waals surface area contributed by atoms with Crippen LogP contribution in [0.2, 0.25) is 0 Å². The molecule has 0 aromatic heterocycles. The fourth-order valence-corrected chi connectivity index (χ4v) is 5.95. The van der Waals surface area contributed by atoms with Crippen LogP contribution in [0.15, 0.2) is 42.0 Å². The Balaban J connectivity index is 0.000000173. The van der Waals surface area contributed by atoms with Crippen molar-refractivity contribution in [3.8, 4) is 17.2 Å². The number of hydrogen-bond acceptors (Lipinski definition) is 6. The van der Waals surface area contributed by atoms with E-state index in [0.717, 1.165) is 38.2 Å². The number of carbonyl (C=O) groups excluding carboxylic acids is 2. The number of allylic oxidation sites excluding steroid dienone is 2. The normalized spacial score (nSPS) is 24.7. The van der Waals surface area contributed by atoms with E-state index in [-0.39, 0.29) is 29.1 Å². The van der Waals surface area contributed by atoms with Gasteiger partial charge in [-0.05, 0) is 80.3 Å². The van der Waals surface area contributed by atoms with Crippen LogP contribution >= 0.6 is 0 Å². The van der Waals surface area contributed by atoms with Crippen LogP contribution in [-0.2, 0) is 16.0 Å². The molecular formula is C28H32O6. The number of benzene rings is 2. The lowest BCUT2D eigenvalue weighted by Gasteiger charge is -2.43. The van der Waals surface area contributed by atoms with Crippen molar-refractivity contribution in [2.75, 3.05) is 6.61 Å². The molecule has 0 aliphatic heterocycles. The Morgan fingerprint density at radius 2 is 1.88 bits per heavy atom. The number of carbonyl (C=O) groups is 2. The Morgan fingerprint density at radius 1 is 1.12 bits per heavy atom. The molecule has 2 saturated carbocycles. The summed E-state index contributed by atoms with van der Waals surface area (Å²) in [4.78, 5) is 23.6. The summed E-state index contributed by atoms with van der Waals surface area (Å²) in [7, 11) is 0. The fourth-order valence-electron chi connectivity index (χ4n) is 5.95. The Hall–Kier alpha value is -3.28. The van der Waals surface area contributed by atoms with Gasteiger partial charge in [0.25, 0.3) is 0 Å². The molecule has 0 saturated heterocycles. The Morgan fingerprint density at radius 3 is 2.59 bits per heavy atom. The van der Waals surface area contributed by atoms with Crippen molar-refractivity contribution in [1.82, 2.24) is 0 Å². The standard InChI is InChI=1S/C18H20O2.C10H12O4/c1-18-9-8-14-13-5-3-12(19)10-11(13)2-4-15(14)16(18)6-7-17(18)20;1-3-14-10(13)9-6(2)4-7(11)5-8(9)12/h3-5,10,14,16,19H,2,6-9H2,1H3;4-5,11-12H,3H2,1-2H3. The maximum atomic E-state index is 12.2. The van der Waals surface area contributed by atoms with E-state index < -0.39 is 5.97 Å². The van der Waals surface area contributed by atoms with Gasteiger partial charge in [0.15, 0.2) is 0 Å². The summed E-state index contributed by atoms with van der Waals surface area (Å²) in [6.07, 6.45) is 7.11. The molecule has 5 rings (SSSR count). The molecule has 0 radical (unpaired) electrons. The van der Waals surface area contributed by atoms with E-state index in [9.17, 15) is 19.8 Å². The summed E-state index contributed by atoms with van der Waals surface area (Å²) < 4.78 is 4.75. The van der Waals surface area contributed by atoms with E-state index in [1.54, 1.807) is 19.9 Å². The number of phenols is 3. The lowest BCUT2D eigenvalue weighted by molar-refractivity contribution is -0.126. The van der Waals surface area contributed by atoms with Gasteiger partial charge in [0.2, 0.25) is 0 Å². The molecule has 0 bridgehead atoms. The molecule has 3 atom stereocenters. The van der Waals surface area contributed by atoms with Gasteiger partial charge in [0.1, 0.15) is 28.6 Å². The molecule has 3 unspecified atom stereocenters. The first kappa shape index (κ1) is 23.9. The number of phenolic OH excluding ortho intramolecular Hbond substituents is 3. The van der Waals surface area contributed by atoms with Crippen LogP contribution in [0, 0.1) is 18.3 Å². The number of ether oxygens (including phenoxy) is 1. The molecule has 3 aliphatic carbocycles. The van der Waals surface area contributed by atoms with Crippen LogP contribution < -0.4 is 0 Å². The molecule has 34 heavy (non-hydrogen) atoms. The summed E-state index contributed by atoms with van der Waals surface area (Å²) in [5.74, 6) is 0.839. The van der Waals surface area contributed by atoms with E-state index in [4.69, 9.17) is 9.84 Å². The van der Waals surface area contributed by atoms with E-state index in [1.807, 2.05) is 6.07 Å². The molecule has 2 fully saturated rings. The third-order valence-corrected chi connectivity index (χ3v) is 7.66. The van der Waals surface area contributed by atoms with Gasteiger partial charge in [-0.15, -0.1) is 0 Å². The van der Waals surface area contributed by atoms with Crippen molar-refractivity contribution < 1.29 is 29.6 Å². The van der Waals surface area contributed by atoms with Gasteiger partial charge in [-0.1, -0.05) is 24.6 Å². The quantitative estimate of drug-likeness (QED) is 0.410. The predicted molar refractivity (Wildman–Crippen MR) is 128 cm³/mol. The zero-order valence-corrected chi connectivity index (χ0v) is 19.9. The number of aryl methyl sites for hydroxylation is 1. The smallest absolute Gasteiger partial charge is 0.342 e. The first-order valence-corrected chi connectivity index (χ1v) is 11.9. The Kier molecular flexibility index (Phi) is 6.43. The van der Waals surface area contributed by atoms with Crippen LogP contribution in [0.4, 0.5) is 0 Å². The topological polar surface area (TPSA) is 104 Å². The molecule has 2 aromatic carbocycles. The number of aromatic hydroxyl groups is 3. The zero-order valence-electron chi connectivity index (χ0n) is 19.9. The third kappa shape index (κ3) is 4.17. The van der Waals surface area contributed by atoms with Gasteiger partial charge in [0, 0.05) is 23.8 Å². The van der Waals surface area contributed by atoms with Crippen LogP contribution in [0.5, 0.6) is 17.2 Å². The molecule has 180 valence electrons. The SMILES string of the molecule is CC12CCC3C(=CCc4cc(O)ccc43)C1CCC2=O.CCOC(=O)c1c(C)cc(O)cc1O. The van der Waals surface area contributed by atoms with Crippen LogP contribution in [-0.4, -0.2) is 33.7 Å². The van der Waals surface area contributed by atoms with Gasteiger partial charge in [-0.25, -0.2) is 4.79 Å². The summed E-state index contributed by atoms with van der Waals surface area (Å²) >= 11 is 0. The Labute approximate surface area is 199 Å². The lowest BCUT2D eigenvalue weighted by Crippen LogP contribution is -2.37. The summed E-state index contributed by atoms with van der Waals surface area (Å²) in [6, 6.07) is 8.29. The molecule has 6 nitrogen and oxygen atoms in total. The summed E-state index contributed by atoms with van der Waals surface area (Å²) in [6.45, 7) is 5.73. The minimum absolute atomic E-state index is 0.0759. The second-order valence-corrected chi connectivity index (χ2v) is 9.69. The highest BCUT2D eigenvalue weighted by molar-refractivity contribution is 5.94. The second-order valence-electron chi connectivity index (χ2n) is 9.69. The van der Waals surface area contributed by atoms with Crippen LogP contribution in [0.3, 0.4) is 0 Å². The van der Waals surface area contributed by atoms with Gasteiger partial charge in [0.05, 0.1) is 6.61 Å². The predicted octanol–water partition coefficient (Wildman–Crippen LogP) is 5.32. The highest BCUT2D eigenvalue weighted by Gasteiger charge is 2.52. The van der Waals surface area contributed by atoms with Gasteiger partial charge >= 0.3 is 5.97 Å². The maximum Gasteiger partial charge on any atom is 0.342 e. The van der Waals surface area contributed by atoms with Crippen molar-refractivity contribution >= 4 is 11.8 Å². The zero-order chi connectivity index (χ0) is 24.6. The average molecular weight is 465 g/mol. The number of esters is 1. The maximum absolute atomic E-state index is 12.2. The van der Waals surface area contributed by atoms with Gasteiger partial charge < -0.3 is 20.1 Å². The summed E-state index contributed by atoms with van der Waals surface area (Å²) in [5.41, 5.74) is 4.62. The number of rotatable bonds is 2. The number of ketones is 1. The summed E-state index contributed by atoms with van der Waals surface area (Å²) in [5, 5.41) is 28.2. The van der Waals surface area contributed by atoms with E-state index in [2.05, 4.69) is 19.1 Å². The molecule has 3 N–H and O–H groups in total. The third-order valence-electron chi connectivity index (χ3n) is 7.66. The minimum Gasteiger partial charge on any atom is -0.508 e. The van der Waals surface area contributed by atoms with Crippen molar-refractivity contribution in [3.05, 3.63) is 64.2 Å². The molecule has 3 aliphatic rings. The minimum atomic E-state index is -0.581. The average Bonchev–Trinajstić information content (AvgIpc) is 3.08. The first-order chi connectivity index (χ1) is 16.2. The van der Waals surface area contributed by atoms with Crippen molar-refractivity contribution in [1.29, 1.82) is 0 Å². The van der Waals surface area contributed by atoms with E-state index >= 15 is 0 Å². The Bertz CT molecular complexity index is 1140. The molecule has 0 amide bonds. The molecule has 2 aromatic rings. The first-order valence-electron chi connectivity index (χ1n) is 11.9. The lowest BCUT2D eigenvalue weighted by atomic mass is 9.60. The molecular weight excluding hydrogens is 432 g/mol. The molecule has 0 heterocycles. The van der Waals surface area contributed by atoms with Crippen LogP contribution in [0.1, 0.15) is 72.5 Å². The van der Waals surface area contributed by atoms with Gasteiger partial charge in [-0.2, -0.15) is 0 Å². The van der Waals surface area contributed by atoms with Crippen LogP contribution in [0.25, 0.3) is 0 Å². The fraction of sp³-hybridized carbons (Fsp3) is 0.429. The highest BCUT2D eigenvalue weighted by atomic mass is 16.5.